The highest BCUT2D eigenvalue weighted by molar-refractivity contribution is 14.1. The number of carbonyl (C=O) groups excluding carboxylic acids is 1. The summed E-state index contributed by atoms with van der Waals surface area (Å²) >= 11 is 2.28. The Bertz CT molecular complexity index is 309. The molecule has 1 aliphatic rings. The predicted octanol–water partition coefficient (Wildman–Crippen LogP) is 4.69. The number of halogens is 1. The minimum absolute atomic E-state index is 0.0278. The second-order valence-electron chi connectivity index (χ2n) is 6.76. The summed E-state index contributed by atoms with van der Waals surface area (Å²) in [5, 5.41) is 0. The zero-order chi connectivity index (χ0) is 15.5. The van der Waals surface area contributed by atoms with Gasteiger partial charge < -0.3 is 9.16 Å². The van der Waals surface area contributed by atoms with Crippen molar-refractivity contribution in [3.05, 3.63) is 0 Å². The lowest BCUT2D eigenvalue weighted by Gasteiger charge is -2.45. The second-order valence-corrected chi connectivity index (χ2v) is 13.1. The van der Waals surface area contributed by atoms with Crippen LogP contribution in [0.25, 0.3) is 0 Å². The molecule has 1 rings (SSSR count). The van der Waals surface area contributed by atoms with Crippen molar-refractivity contribution in [1.82, 2.24) is 0 Å². The molecule has 118 valence electrons. The van der Waals surface area contributed by atoms with Crippen molar-refractivity contribution in [3.63, 3.8) is 0 Å². The first-order valence-corrected chi connectivity index (χ1v) is 11.3. The van der Waals surface area contributed by atoms with Crippen LogP contribution in [0.4, 0.5) is 0 Å². The van der Waals surface area contributed by atoms with Gasteiger partial charge in [0.05, 0.1) is 12.5 Å². The quantitative estimate of drug-likeness (QED) is 0.275. The van der Waals surface area contributed by atoms with E-state index in [1.165, 1.54) is 0 Å². The summed E-state index contributed by atoms with van der Waals surface area (Å²) in [6, 6.07) is 0. The first-order chi connectivity index (χ1) is 9.23. The van der Waals surface area contributed by atoms with E-state index in [4.69, 9.17) is 9.16 Å². The van der Waals surface area contributed by atoms with Crippen molar-refractivity contribution in [2.24, 2.45) is 0 Å². The smallest absolute Gasteiger partial charge is 0.308 e. The van der Waals surface area contributed by atoms with Crippen LogP contribution in [0.15, 0.2) is 0 Å². The standard InChI is InChI=1S/C15H29IO3Si/c1-10(2)20(11(3)4,12(5)6)19-13-7-14(9-16)18-15(17)8-13/h10-14H,7-9H2,1-6H3/t13-,14+/m1/s1. The lowest BCUT2D eigenvalue weighted by molar-refractivity contribution is -0.157. The van der Waals surface area contributed by atoms with Crippen LogP contribution in [0.3, 0.4) is 0 Å². The number of ether oxygens (including phenoxy) is 1. The van der Waals surface area contributed by atoms with Crippen LogP contribution in [-0.4, -0.2) is 30.9 Å². The maximum Gasteiger partial charge on any atom is 0.308 e. The van der Waals surface area contributed by atoms with E-state index in [2.05, 4.69) is 64.1 Å². The molecule has 1 fully saturated rings. The largest absolute Gasteiger partial charge is 0.461 e. The second kappa shape index (κ2) is 7.58. The maximum atomic E-state index is 11.7. The summed E-state index contributed by atoms with van der Waals surface area (Å²) in [7, 11) is -1.90. The highest BCUT2D eigenvalue weighted by Crippen LogP contribution is 2.44. The molecule has 20 heavy (non-hydrogen) atoms. The summed E-state index contributed by atoms with van der Waals surface area (Å²) in [5.41, 5.74) is 1.66. The van der Waals surface area contributed by atoms with Gasteiger partial charge in [-0.15, -0.1) is 0 Å². The molecule has 0 bridgehead atoms. The third kappa shape index (κ3) is 3.97. The van der Waals surface area contributed by atoms with Gasteiger partial charge in [-0.25, -0.2) is 0 Å². The maximum absolute atomic E-state index is 11.7. The molecule has 0 unspecified atom stereocenters. The van der Waals surface area contributed by atoms with Crippen LogP contribution >= 0.6 is 22.6 Å². The Hall–Kier alpha value is 0.377. The zero-order valence-corrected chi connectivity index (χ0v) is 16.8. The number of alkyl halides is 1. The predicted molar refractivity (Wildman–Crippen MR) is 93.9 cm³/mol. The molecule has 1 heterocycles. The fourth-order valence-corrected chi connectivity index (χ4v) is 9.84. The molecule has 0 aliphatic carbocycles. The van der Waals surface area contributed by atoms with Crippen LogP contribution in [-0.2, 0) is 14.0 Å². The van der Waals surface area contributed by atoms with Gasteiger partial charge in [0.15, 0.2) is 0 Å². The van der Waals surface area contributed by atoms with Gasteiger partial charge in [0.1, 0.15) is 6.10 Å². The van der Waals surface area contributed by atoms with Gasteiger partial charge in [-0.3, -0.25) is 4.79 Å². The fourth-order valence-electron chi connectivity index (χ4n) is 3.73. The summed E-state index contributed by atoms with van der Waals surface area (Å²) in [6.45, 7) is 13.7. The minimum atomic E-state index is -1.90. The summed E-state index contributed by atoms with van der Waals surface area (Å²) < 4.78 is 12.9. The normalized spacial score (nSPS) is 24.6. The molecule has 0 amide bonds. The molecule has 0 aromatic carbocycles. The van der Waals surface area contributed by atoms with Crippen LogP contribution in [0, 0.1) is 0 Å². The molecular weight excluding hydrogens is 383 g/mol. The Morgan fingerprint density at radius 3 is 2.10 bits per heavy atom. The first kappa shape index (κ1) is 18.4. The van der Waals surface area contributed by atoms with Crippen LogP contribution in [0.5, 0.6) is 0 Å². The Morgan fingerprint density at radius 1 is 1.20 bits per heavy atom. The molecule has 0 radical (unpaired) electrons. The van der Waals surface area contributed by atoms with Gasteiger partial charge in [-0.05, 0) is 16.6 Å². The topological polar surface area (TPSA) is 35.5 Å². The zero-order valence-electron chi connectivity index (χ0n) is 13.6. The molecule has 3 nitrogen and oxygen atoms in total. The lowest BCUT2D eigenvalue weighted by Crippen LogP contribution is -2.52. The van der Waals surface area contributed by atoms with Crippen molar-refractivity contribution < 1.29 is 14.0 Å². The molecule has 0 N–H and O–H groups in total. The molecule has 2 atom stereocenters. The number of rotatable bonds is 6. The number of hydrogen-bond acceptors (Lipinski definition) is 3. The van der Waals surface area contributed by atoms with E-state index in [0.29, 0.717) is 23.0 Å². The highest BCUT2D eigenvalue weighted by Gasteiger charge is 2.47. The first-order valence-electron chi connectivity index (χ1n) is 7.67. The molecule has 0 aromatic heterocycles. The Balaban J connectivity index is 2.92. The summed E-state index contributed by atoms with van der Waals surface area (Å²) in [5.74, 6) is -0.0953. The van der Waals surface area contributed by atoms with E-state index in [9.17, 15) is 4.79 Å². The van der Waals surface area contributed by atoms with Crippen molar-refractivity contribution in [3.8, 4) is 0 Å². The average molecular weight is 412 g/mol. The molecule has 1 aliphatic heterocycles. The number of esters is 1. The fraction of sp³-hybridized carbons (Fsp3) is 0.933. The summed E-state index contributed by atoms with van der Waals surface area (Å²) in [6.07, 6.45) is 1.36. The number of carbonyl (C=O) groups is 1. The van der Waals surface area contributed by atoms with Gasteiger partial charge in [-0.2, -0.15) is 0 Å². The Kier molecular flexibility index (Phi) is 6.99. The Labute approximate surface area is 138 Å². The molecule has 0 spiro atoms. The third-order valence-electron chi connectivity index (χ3n) is 4.47. The monoisotopic (exact) mass is 412 g/mol. The van der Waals surface area contributed by atoms with Crippen molar-refractivity contribution in [2.45, 2.75) is 83.2 Å². The SMILES string of the molecule is CC(C)[Si](O[C@H]1CC(=O)O[C@H](CI)C1)(C(C)C)C(C)C. The van der Waals surface area contributed by atoms with Crippen LogP contribution < -0.4 is 0 Å². The number of hydrogen-bond donors (Lipinski definition) is 0. The highest BCUT2D eigenvalue weighted by atomic mass is 127. The molecule has 0 saturated carbocycles. The average Bonchev–Trinajstić information content (AvgIpc) is 2.33. The molecule has 1 saturated heterocycles. The molecule has 5 heteroatoms. The van der Waals surface area contributed by atoms with Gasteiger partial charge >= 0.3 is 5.97 Å². The Morgan fingerprint density at radius 2 is 1.70 bits per heavy atom. The minimum Gasteiger partial charge on any atom is -0.461 e. The van der Waals surface area contributed by atoms with Crippen LogP contribution in [0.2, 0.25) is 16.6 Å². The molecule has 0 aromatic rings. The summed E-state index contributed by atoms with van der Waals surface area (Å²) in [4.78, 5) is 11.7. The van der Waals surface area contributed by atoms with Crippen molar-refractivity contribution >= 4 is 36.9 Å². The number of cyclic esters (lactones) is 1. The van der Waals surface area contributed by atoms with E-state index in [1.54, 1.807) is 0 Å². The third-order valence-corrected chi connectivity index (χ3v) is 11.6. The van der Waals surface area contributed by atoms with Gasteiger partial charge in [0, 0.05) is 10.8 Å². The van der Waals surface area contributed by atoms with Crippen molar-refractivity contribution in [2.75, 3.05) is 4.43 Å². The van der Waals surface area contributed by atoms with E-state index in [-0.39, 0.29) is 18.2 Å². The van der Waals surface area contributed by atoms with E-state index in [1.807, 2.05) is 0 Å². The van der Waals surface area contributed by atoms with Gasteiger partial charge in [0.25, 0.3) is 0 Å². The van der Waals surface area contributed by atoms with Gasteiger partial charge in [-0.1, -0.05) is 64.1 Å². The van der Waals surface area contributed by atoms with Gasteiger partial charge in [0.2, 0.25) is 8.32 Å². The van der Waals surface area contributed by atoms with E-state index < -0.39 is 8.32 Å². The lowest BCUT2D eigenvalue weighted by atomic mass is 10.1. The van der Waals surface area contributed by atoms with E-state index >= 15 is 0 Å². The van der Waals surface area contributed by atoms with Crippen LogP contribution in [0.1, 0.15) is 54.4 Å². The van der Waals surface area contributed by atoms with E-state index in [0.717, 1.165) is 10.8 Å². The van der Waals surface area contributed by atoms with Crippen molar-refractivity contribution in [1.29, 1.82) is 0 Å². The molecular formula is C15H29IO3Si.